The van der Waals surface area contributed by atoms with Crippen LogP contribution in [0.1, 0.15) is 25.5 Å². The molecule has 2 atom stereocenters. The van der Waals surface area contributed by atoms with Gasteiger partial charge in [-0.3, -0.25) is 9.59 Å². The molecule has 0 saturated carbocycles. The average molecular weight is 334 g/mol. The molecule has 0 bridgehead atoms. The maximum atomic E-state index is 12.5. The van der Waals surface area contributed by atoms with Crippen LogP contribution >= 0.6 is 11.3 Å². The summed E-state index contributed by atoms with van der Waals surface area (Å²) in [7, 11) is 0. The smallest absolute Gasteiger partial charge is 0.308 e. The lowest BCUT2D eigenvalue weighted by Gasteiger charge is -2.37. The van der Waals surface area contributed by atoms with Crippen LogP contribution in [-0.4, -0.2) is 39.5 Å². The number of amides is 1. The normalized spacial score (nSPS) is 21.3. The second kappa shape index (κ2) is 6.54. The summed E-state index contributed by atoms with van der Waals surface area (Å²) in [5.41, 5.74) is 1.60. The fraction of sp³-hybridized carbons (Fsp3) is 0.438. The van der Waals surface area contributed by atoms with E-state index in [-0.39, 0.29) is 18.4 Å². The highest BCUT2D eigenvalue weighted by Crippen LogP contribution is 2.26. The van der Waals surface area contributed by atoms with Crippen LogP contribution in [0, 0.1) is 5.92 Å². The van der Waals surface area contributed by atoms with Gasteiger partial charge in [-0.2, -0.15) is 0 Å². The van der Waals surface area contributed by atoms with Gasteiger partial charge in [0, 0.05) is 23.5 Å². The fourth-order valence-electron chi connectivity index (χ4n) is 2.99. The van der Waals surface area contributed by atoms with Gasteiger partial charge in [0.15, 0.2) is 0 Å². The van der Waals surface area contributed by atoms with Crippen LogP contribution in [0.5, 0.6) is 0 Å². The zero-order valence-electron chi connectivity index (χ0n) is 12.8. The summed E-state index contributed by atoms with van der Waals surface area (Å²) in [6.45, 7) is 2.43. The van der Waals surface area contributed by atoms with E-state index in [4.69, 9.17) is 4.42 Å². The lowest BCUT2D eigenvalue weighted by Crippen LogP contribution is -2.49. The predicted octanol–water partition coefficient (Wildman–Crippen LogP) is 2.66. The molecule has 6 nitrogen and oxygen atoms in total. The monoisotopic (exact) mass is 334 g/mol. The highest BCUT2D eigenvalue weighted by atomic mass is 32.1. The number of carbonyl (C=O) groups is 2. The lowest BCUT2D eigenvalue weighted by atomic mass is 9.90. The molecule has 1 fully saturated rings. The minimum atomic E-state index is -0.828. The molecule has 1 aliphatic heterocycles. The van der Waals surface area contributed by atoms with Crippen molar-refractivity contribution in [3.8, 4) is 10.6 Å². The first kappa shape index (κ1) is 15.7. The number of nitrogens with zero attached hydrogens (tertiary/aromatic N) is 2. The minimum Gasteiger partial charge on any atom is -0.481 e. The van der Waals surface area contributed by atoms with Gasteiger partial charge < -0.3 is 14.4 Å². The number of likely N-dealkylation sites (tertiary alicyclic amines) is 1. The molecule has 0 aliphatic carbocycles. The zero-order valence-corrected chi connectivity index (χ0v) is 13.6. The molecule has 3 heterocycles. The van der Waals surface area contributed by atoms with E-state index in [1.807, 2.05) is 18.4 Å². The molecule has 0 spiro atoms. The largest absolute Gasteiger partial charge is 0.481 e. The number of thiazole rings is 1. The van der Waals surface area contributed by atoms with Crippen LogP contribution < -0.4 is 0 Å². The number of piperidine rings is 1. The van der Waals surface area contributed by atoms with Gasteiger partial charge in [-0.05, 0) is 25.8 Å². The van der Waals surface area contributed by atoms with E-state index in [1.165, 1.54) is 11.3 Å². The highest BCUT2D eigenvalue weighted by Gasteiger charge is 2.35. The summed E-state index contributed by atoms with van der Waals surface area (Å²) >= 11 is 1.47. The first-order valence-electron chi connectivity index (χ1n) is 7.55. The van der Waals surface area contributed by atoms with Crippen molar-refractivity contribution in [3.05, 3.63) is 29.7 Å². The van der Waals surface area contributed by atoms with Gasteiger partial charge in [0.1, 0.15) is 11.3 Å². The van der Waals surface area contributed by atoms with Gasteiger partial charge >= 0.3 is 5.97 Å². The van der Waals surface area contributed by atoms with Crippen LogP contribution in [0.3, 0.4) is 0 Å². The first-order valence-corrected chi connectivity index (χ1v) is 8.43. The number of carboxylic acid groups (broad SMARTS) is 1. The van der Waals surface area contributed by atoms with E-state index < -0.39 is 11.9 Å². The van der Waals surface area contributed by atoms with Gasteiger partial charge in [0.25, 0.3) is 0 Å². The summed E-state index contributed by atoms with van der Waals surface area (Å²) in [6, 6.07) is 1.55. The van der Waals surface area contributed by atoms with Crippen molar-refractivity contribution in [2.45, 2.75) is 32.2 Å². The van der Waals surface area contributed by atoms with Crippen LogP contribution in [-0.2, 0) is 16.0 Å². The van der Waals surface area contributed by atoms with E-state index >= 15 is 0 Å². The molecule has 2 aromatic rings. The molecule has 0 aromatic carbocycles. The summed E-state index contributed by atoms with van der Waals surface area (Å²) in [5.74, 6) is -1.37. The molecular formula is C16H18N2O4S. The fourth-order valence-corrected chi connectivity index (χ4v) is 3.79. The highest BCUT2D eigenvalue weighted by molar-refractivity contribution is 7.13. The van der Waals surface area contributed by atoms with E-state index in [1.54, 1.807) is 17.4 Å². The quantitative estimate of drug-likeness (QED) is 0.929. The van der Waals surface area contributed by atoms with Crippen molar-refractivity contribution in [1.29, 1.82) is 0 Å². The van der Waals surface area contributed by atoms with Crippen LogP contribution in [0.4, 0.5) is 0 Å². The molecule has 1 amide bonds. The van der Waals surface area contributed by atoms with E-state index in [9.17, 15) is 14.7 Å². The Morgan fingerprint density at radius 3 is 3.04 bits per heavy atom. The van der Waals surface area contributed by atoms with E-state index in [0.717, 1.165) is 17.0 Å². The molecule has 1 N–H and O–H groups in total. The molecule has 23 heavy (non-hydrogen) atoms. The first-order chi connectivity index (χ1) is 11.1. The Balaban J connectivity index is 1.68. The Bertz CT molecular complexity index is 695. The number of carboxylic acids is 1. The molecule has 7 heteroatoms. The molecule has 2 aromatic heterocycles. The molecule has 0 unspecified atom stereocenters. The standard InChI is InChI=1S/C16H18N2O4S/c1-10-13(16(20)21)3-2-5-18(10)14(19)7-12-9-23-15(17-12)11-4-6-22-8-11/h4,6,8-10,13H,2-3,5,7H2,1H3,(H,20,21)/t10-,13-/m1/s1. The Morgan fingerprint density at radius 2 is 2.35 bits per heavy atom. The van der Waals surface area contributed by atoms with Gasteiger partial charge in [-0.15, -0.1) is 11.3 Å². The topological polar surface area (TPSA) is 83.6 Å². The molecule has 3 rings (SSSR count). The molecular weight excluding hydrogens is 316 g/mol. The Labute approximate surface area is 137 Å². The van der Waals surface area contributed by atoms with Crippen molar-refractivity contribution in [1.82, 2.24) is 9.88 Å². The predicted molar refractivity (Wildman–Crippen MR) is 85.1 cm³/mol. The maximum absolute atomic E-state index is 12.5. The van der Waals surface area contributed by atoms with Crippen LogP contribution in [0.15, 0.2) is 28.4 Å². The lowest BCUT2D eigenvalue weighted by molar-refractivity contribution is -0.148. The molecule has 1 saturated heterocycles. The van der Waals surface area contributed by atoms with Crippen LogP contribution in [0.2, 0.25) is 0 Å². The van der Waals surface area contributed by atoms with E-state index in [2.05, 4.69) is 4.98 Å². The number of aliphatic carboxylic acids is 1. The van der Waals surface area contributed by atoms with Gasteiger partial charge in [0.2, 0.25) is 5.91 Å². The number of rotatable bonds is 4. The van der Waals surface area contributed by atoms with Crippen molar-refractivity contribution in [2.75, 3.05) is 6.54 Å². The van der Waals surface area contributed by atoms with Crippen molar-refractivity contribution >= 4 is 23.2 Å². The van der Waals surface area contributed by atoms with Gasteiger partial charge in [-0.1, -0.05) is 0 Å². The number of carbonyl (C=O) groups excluding carboxylic acids is 1. The molecule has 1 aliphatic rings. The minimum absolute atomic E-state index is 0.0625. The van der Waals surface area contributed by atoms with Crippen molar-refractivity contribution < 1.29 is 19.1 Å². The third-order valence-corrected chi connectivity index (χ3v) is 5.22. The average Bonchev–Trinajstić information content (AvgIpc) is 3.17. The molecule has 0 radical (unpaired) electrons. The second-order valence-electron chi connectivity index (χ2n) is 5.75. The van der Waals surface area contributed by atoms with Crippen molar-refractivity contribution in [3.63, 3.8) is 0 Å². The number of hydrogen-bond acceptors (Lipinski definition) is 5. The number of aromatic nitrogens is 1. The summed E-state index contributed by atoms with van der Waals surface area (Å²) in [6.07, 6.45) is 4.76. The van der Waals surface area contributed by atoms with Gasteiger partial charge in [-0.25, -0.2) is 4.98 Å². The Hall–Kier alpha value is -2.15. The zero-order chi connectivity index (χ0) is 16.4. The van der Waals surface area contributed by atoms with Crippen molar-refractivity contribution in [2.24, 2.45) is 5.92 Å². The Kier molecular flexibility index (Phi) is 4.47. The third-order valence-electron chi connectivity index (χ3n) is 4.28. The summed E-state index contributed by atoms with van der Waals surface area (Å²) in [4.78, 5) is 29.9. The number of furan rings is 1. The van der Waals surface area contributed by atoms with Gasteiger partial charge in [0.05, 0.1) is 24.3 Å². The number of hydrogen-bond donors (Lipinski definition) is 1. The third kappa shape index (κ3) is 3.29. The Morgan fingerprint density at radius 1 is 1.52 bits per heavy atom. The summed E-state index contributed by atoms with van der Waals surface area (Å²) in [5, 5.41) is 11.9. The van der Waals surface area contributed by atoms with E-state index in [0.29, 0.717) is 18.7 Å². The second-order valence-corrected chi connectivity index (χ2v) is 6.61. The van der Waals surface area contributed by atoms with Crippen LogP contribution in [0.25, 0.3) is 10.6 Å². The maximum Gasteiger partial charge on any atom is 0.308 e. The molecule has 122 valence electrons. The SMILES string of the molecule is C[C@@H]1[C@H](C(=O)O)CCCN1C(=O)Cc1csc(-c2ccoc2)n1. The summed E-state index contributed by atoms with van der Waals surface area (Å²) < 4.78 is 5.04.